The van der Waals surface area contributed by atoms with Crippen LogP contribution in [0.5, 0.6) is 0 Å². The zero-order valence-electron chi connectivity index (χ0n) is 9.48. The third-order valence-electron chi connectivity index (χ3n) is 1.95. The van der Waals surface area contributed by atoms with Gasteiger partial charge in [0.25, 0.3) is 0 Å². The molecule has 0 aliphatic rings. The van der Waals surface area contributed by atoms with E-state index < -0.39 is 0 Å². The fraction of sp³-hybridized carbons (Fsp3) is 0.917. The summed E-state index contributed by atoms with van der Waals surface area (Å²) >= 11 is 0. The van der Waals surface area contributed by atoms with E-state index in [1.165, 1.54) is 25.7 Å². The van der Waals surface area contributed by atoms with Crippen LogP contribution < -0.4 is 0 Å². The summed E-state index contributed by atoms with van der Waals surface area (Å²) in [6.07, 6.45) is 7.75. The summed E-state index contributed by atoms with van der Waals surface area (Å²) in [5.41, 5.74) is 0.484. The standard InChI is InChI=1S/C12H25/c1-11(2)9-7-6-8-10-12(3,4)5/h8,11H,6-7,9-10H2,1-5H3. The number of hydrogen-bond acceptors (Lipinski definition) is 0. The van der Waals surface area contributed by atoms with E-state index in [0.29, 0.717) is 5.41 Å². The second kappa shape index (κ2) is 5.61. The molecule has 0 saturated heterocycles. The topological polar surface area (TPSA) is 0 Å². The first-order valence-electron chi connectivity index (χ1n) is 5.23. The zero-order valence-corrected chi connectivity index (χ0v) is 9.48. The molecule has 0 aliphatic carbocycles. The van der Waals surface area contributed by atoms with Crippen molar-refractivity contribution < 1.29 is 0 Å². The van der Waals surface area contributed by atoms with Crippen molar-refractivity contribution in [1.29, 1.82) is 0 Å². The molecule has 0 bridgehead atoms. The van der Waals surface area contributed by atoms with Gasteiger partial charge in [-0.25, -0.2) is 0 Å². The normalized spacial score (nSPS) is 12.5. The summed E-state index contributed by atoms with van der Waals surface area (Å²) in [4.78, 5) is 0. The van der Waals surface area contributed by atoms with E-state index in [4.69, 9.17) is 0 Å². The molecule has 12 heavy (non-hydrogen) atoms. The lowest BCUT2D eigenvalue weighted by atomic mass is 9.89. The highest BCUT2D eigenvalue weighted by molar-refractivity contribution is 4.73. The molecule has 0 rings (SSSR count). The third-order valence-corrected chi connectivity index (χ3v) is 1.95. The SMILES string of the molecule is CC(C)CCC[CH]CC(C)(C)C. The van der Waals surface area contributed by atoms with Crippen molar-refractivity contribution in [2.24, 2.45) is 11.3 Å². The lowest BCUT2D eigenvalue weighted by Crippen LogP contribution is -2.04. The van der Waals surface area contributed by atoms with Crippen molar-refractivity contribution in [2.45, 2.75) is 60.3 Å². The van der Waals surface area contributed by atoms with Crippen LogP contribution in [0.1, 0.15) is 60.3 Å². The molecule has 0 fully saturated rings. The molecule has 0 spiro atoms. The van der Waals surface area contributed by atoms with E-state index in [2.05, 4.69) is 41.0 Å². The number of rotatable bonds is 5. The molecule has 0 aliphatic heterocycles. The highest BCUT2D eigenvalue weighted by atomic mass is 14.1. The van der Waals surface area contributed by atoms with Gasteiger partial charge in [-0.15, -0.1) is 0 Å². The largest absolute Gasteiger partial charge is 0.0628 e. The van der Waals surface area contributed by atoms with E-state index in [1.807, 2.05) is 0 Å². The van der Waals surface area contributed by atoms with Gasteiger partial charge >= 0.3 is 0 Å². The monoisotopic (exact) mass is 169 g/mol. The molecule has 0 aromatic rings. The molecule has 0 heteroatoms. The molecular formula is C12H25. The Hall–Kier alpha value is 0. The van der Waals surface area contributed by atoms with E-state index in [-0.39, 0.29) is 0 Å². The molecule has 0 N–H and O–H groups in total. The van der Waals surface area contributed by atoms with Gasteiger partial charge in [-0.3, -0.25) is 0 Å². The van der Waals surface area contributed by atoms with Crippen LogP contribution in [0, 0.1) is 17.8 Å². The molecular weight excluding hydrogens is 144 g/mol. The Bertz CT molecular complexity index is 95.1. The van der Waals surface area contributed by atoms with E-state index >= 15 is 0 Å². The van der Waals surface area contributed by atoms with Gasteiger partial charge < -0.3 is 0 Å². The molecule has 0 saturated carbocycles. The van der Waals surface area contributed by atoms with Crippen molar-refractivity contribution in [3.05, 3.63) is 6.42 Å². The van der Waals surface area contributed by atoms with Crippen LogP contribution in [0.25, 0.3) is 0 Å². The Morgan fingerprint density at radius 1 is 1.17 bits per heavy atom. The van der Waals surface area contributed by atoms with Crippen LogP contribution >= 0.6 is 0 Å². The maximum Gasteiger partial charge on any atom is -0.0380 e. The first-order chi connectivity index (χ1) is 5.42. The van der Waals surface area contributed by atoms with Crippen molar-refractivity contribution in [2.75, 3.05) is 0 Å². The smallest absolute Gasteiger partial charge is 0.0380 e. The molecule has 0 aromatic carbocycles. The summed E-state index contributed by atoms with van der Waals surface area (Å²) in [5.74, 6) is 0.869. The van der Waals surface area contributed by atoms with Crippen molar-refractivity contribution in [3.8, 4) is 0 Å². The maximum absolute atomic E-state index is 2.45. The molecule has 0 aromatic heterocycles. The summed E-state index contributed by atoms with van der Waals surface area (Å²) in [6, 6.07) is 0. The molecule has 0 atom stereocenters. The predicted octanol–water partition coefficient (Wildman–Crippen LogP) is 4.45. The summed E-state index contributed by atoms with van der Waals surface area (Å²) in [5, 5.41) is 0. The minimum Gasteiger partial charge on any atom is -0.0628 e. The van der Waals surface area contributed by atoms with Crippen LogP contribution in [-0.2, 0) is 0 Å². The minimum atomic E-state index is 0.484. The highest BCUT2D eigenvalue weighted by Crippen LogP contribution is 2.22. The van der Waals surface area contributed by atoms with Gasteiger partial charge in [-0.1, -0.05) is 53.9 Å². The van der Waals surface area contributed by atoms with Gasteiger partial charge in [-0.05, 0) is 24.2 Å². The Morgan fingerprint density at radius 3 is 2.17 bits per heavy atom. The van der Waals surface area contributed by atoms with Gasteiger partial charge in [0.2, 0.25) is 0 Å². The first kappa shape index (κ1) is 12.0. The third kappa shape index (κ3) is 10.0. The zero-order chi connectivity index (χ0) is 9.61. The Morgan fingerprint density at radius 2 is 1.75 bits per heavy atom. The van der Waals surface area contributed by atoms with Crippen LogP contribution in [-0.4, -0.2) is 0 Å². The molecule has 0 nitrogen and oxygen atoms in total. The van der Waals surface area contributed by atoms with Gasteiger partial charge in [0.05, 0.1) is 0 Å². The van der Waals surface area contributed by atoms with E-state index in [1.54, 1.807) is 0 Å². The quantitative estimate of drug-likeness (QED) is 0.533. The van der Waals surface area contributed by atoms with Gasteiger partial charge in [0.15, 0.2) is 0 Å². The lowest BCUT2D eigenvalue weighted by molar-refractivity contribution is 0.397. The Balaban J connectivity index is 3.12. The van der Waals surface area contributed by atoms with Crippen molar-refractivity contribution in [3.63, 3.8) is 0 Å². The predicted molar refractivity (Wildman–Crippen MR) is 57.1 cm³/mol. The van der Waals surface area contributed by atoms with Gasteiger partial charge in [0, 0.05) is 0 Å². The number of hydrogen-bond donors (Lipinski definition) is 0. The minimum absolute atomic E-state index is 0.484. The second-order valence-electron chi connectivity index (χ2n) is 5.38. The van der Waals surface area contributed by atoms with Crippen molar-refractivity contribution in [1.82, 2.24) is 0 Å². The van der Waals surface area contributed by atoms with Crippen LogP contribution in [0.4, 0.5) is 0 Å². The maximum atomic E-state index is 2.45. The summed E-state index contributed by atoms with van der Waals surface area (Å²) < 4.78 is 0. The fourth-order valence-electron chi connectivity index (χ4n) is 1.21. The molecule has 73 valence electrons. The molecule has 0 heterocycles. The molecule has 1 radical (unpaired) electrons. The summed E-state index contributed by atoms with van der Waals surface area (Å²) in [6.45, 7) is 11.5. The second-order valence-corrected chi connectivity index (χ2v) is 5.38. The van der Waals surface area contributed by atoms with Crippen LogP contribution in [0.15, 0.2) is 0 Å². The molecule has 0 unspecified atom stereocenters. The van der Waals surface area contributed by atoms with Gasteiger partial charge in [-0.2, -0.15) is 0 Å². The van der Waals surface area contributed by atoms with Crippen LogP contribution in [0.2, 0.25) is 0 Å². The number of unbranched alkanes of at least 4 members (excludes halogenated alkanes) is 2. The van der Waals surface area contributed by atoms with E-state index in [0.717, 1.165) is 5.92 Å². The first-order valence-corrected chi connectivity index (χ1v) is 5.23. The fourth-order valence-corrected chi connectivity index (χ4v) is 1.21. The average Bonchev–Trinajstić information content (AvgIpc) is 1.83. The van der Waals surface area contributed by atoms with Crippen molar-refractivity contribution >= 4 is 0 Å². The lowest BCUT2D eigenvalue weighted by Gasteiger charge is -2.17. The van der Waals surface area contributed by atoms with Crippen LogP contribution in [0.3, 0.4) is 0 Å². The Kier molecular flexibility index (Phi) is 5.61. The average molecular weight is 169 g/mol. The molecule has 0 amide bonds. The van der Waals surface area contributed by atoms with E-state index in [9.17, 15) is 0 Å². The van der Waals surface area contributed by atoms with Gasteiger partial charge in [0.1, 0.15) is 0 Å². The summed E-state index contributed by atoms with van der Waals surface area (Å²) in [7, 11) is 0. The highest BCUT2D eigenvalue weighted by Gasteiger charge is 2.08. The Labute approximate surface area is 78.8 Å².